The molecule has 0 rings (SSSR count). The Kier molecular flexibility index (Phi) is 8.20. The van der Waals surface area contributed by atoms with Crippen molar-refractivity contribution in [1.82, 2.24) is 10.2 Å². The van der Waals surface area contributed by atoms with E-state index in [1.54, 1.807) is 0 Å². The molecule has 0 aliphatic heterocycles. The van der Waals surface area contributed by atoms with E-state index in [-0.39, 0.29) is 0 Å². The van der Waals surface area contributed by atoms with Gasteiger partial charge in [-0.2, -0.15) is 0 Å². The summed E-state index contributed by atoms with van der Waals surface area (Å²) < 4.78 is 0. The van der Waals surface area contributed by atoms with E-state index >= 15 is 0 Å². The van der Waals surface area contributed by atoms with Crippen molar-refractivity contribution in [2.75, 3.05) is 27.2 Å². The molecule has 0 amide bonds. The van der Waals surface area contributed by atoms with Crippen molar-refractivity contribution in [3.63, 3.8) is 0 Å². The topological polar surface area (TPSA) is 15.3 Å². The lowest BCUT2D eigenvalue weighted by Gasteiger charge is -2.22. The molecular formula is C12H28N2. The predicted octanol–water partition coefficient (Wildman–Crippen LogP) is 2.35. The zero-order valence-corrected chi connectivity index (χ0v) is 10.6. The lowest BCUT2D eigenvalue weighted by Crippen LogP contribution is -2.33. The van der Waals surface area contributed by atoms with Gasteiger partial charge in [-0.1, -0.05) is 27.2 Å². The summed E-state index contributed by atoms with van der Waals surface area (Å²) in [6.45, 7) is 9.10. The molecule has 1 N–H and O–H groups in total. The predicted molar refractivity (Wildman–Crippen MR) is 64.7 cm³/mol. The van der Waals surface area contributed by atoms with Crippen LogP contribution in [0, 0.1) is 5.92 Å². The highest BCUT2D eigenvalue weighted by Gasteiger charge is 2.10. The largest absolute Gasteiger partial charge is 0.314 e. The molecule has 86 valence electrons. The summed E-state index contributed by atoms with van der Waals surface area (Å²) in [6, 6.07) is 0.706. The fourth-order valence-electron chi connectivity index (χ4n) is 1.66. The SMILES string of the molecule is CCNC(CCN(C)C)CC(C)CC. The average molecular weight is 200 g/mol. The molecule has 2 atom stereocenters. The van der Waals surface area contributed by atoms with Gasteiger partial charge in [0.2, 0.25) is 0 Å². The van der Waals surface area contributed by atoms with Crippen LogP contribution >= 0.6 is 0 Å². The van der Waals surface area contributed by atoms with E-state index in [1.165, 1.54) is 25.8 Å². The summed E-state index contributed by atoms with van der Waals surface area (Å²) in [4.78, 5) is 2.26. The zero-order chi connectivity index (χ0) is 11.0. The smallest absolute Gasteiger partial charge is 0.00816 e. The van der Waals surface area contributed by atoms with Crippen LogP contribution in [0.3, 0.4) is 0 Å². The summed E-state index contributed by atoms with van der Waals surface area (Å²) in [5.74, 6) is 0.848. The van der Waals surface area contributed by atoms with E-state index in [0.717, 1.165) is 12.5 Å². The van der Waals surface area contributed by atoms with Gasteiger partial charge in [0.1, 0.15) is 0 Å². The first kappa shape index (κ1) is 13.9. The summed E-state index contributed by atoms with van der Waals surface area (Å²) >= 11 is 0. The Morgan fingerprint density at radius 1 is 1.21 bits per heavy atom. The standard InChI is InChI=1S/C12H28N2/c1-6-11(3)10-12(13-7-2)8-9-14(4)5/h11-13H,6-10H2,1-5H3. The molecule has 0 heterocycles. The summed E-state index contributed by atoms with van der Waals surface area (Å²) in [5, 5.41) is 3.58. The van der Waals surface area contributed by atoms with E-state index in [4.69, 9.17) is 0 Å². The number of hydrogen-bond donors (Lipinski definition) is 1. The molecule has 0 aliphatic carbocycles. The summed E-state index contributed by atoms with van der Waals surface area (Å²) in [7, 11) is 4.29. The molecule has 0 saturated carbocycles. The molecule has 2 unspecified atom stereocenters. The molecule has 0 aromatic rings. The molecule has 2 heteroatoms. The van der Waals surface area contributed by atoms with Gasteiger partial charge in [0.15, 0.2) is 0 Å². The summed E-state index contributed by atoms with van der Waals surface area (Å²) in [6.07, 6.45) is 3.88. The molecule has 14 heavy (non-hydrogen) atoms. The first-order chi connectivity index (χ1) is 6.60. The molecule has 0 aliphatic rings. The van der Waals surface area contributed by atoms with Crippen molar-refractivity contribution >= 4 is 0 Å². The Hall–Kier alpha value is -0.0800. The normalized spacial score (nSPS) is 15.9. The van der Waals surface area contributed by atoms with Gasteiger partial charge in [0, 0.05) is 6.04 Å². The van der Waals surface area contributed by atoms with Gasteiger partial charge < -0.3 is 10.2 Å². The van der Waals surface area contributed by atoms with Gasteiger partial charge in [-0.15, -0.1) is 0 Å². The maximum atomic E-state index is 3.58. The van der Waals surface area contributed by atoms with E-state index < -0.39 is 0 Å². The number of nitrogens with zero attached hydrogens (tertiary/aromatic N) is 1. The van der Waals surface area contributed by atoms with E-state index in [9.17, 15) is 0 Å². The highest BCUT2D eigenvalue weighted by molar-refractivity contribution is 4.70. The number of hydrogen-bond acceptors (Lipinski definition) is 2. The van der Waals surface area contributed by atoms with Crippen LogP contribution in [0.5, 0.6) is 0 Å². The molecule has 0 bridgehead atoms. The molecule has 0 aromatic carbocycles. The second-order valence-corrected chi connectivity index (χ2v) is 4.60. The van der Waals surface area contributed by atoms with E-state index in [2.05, 4.69) is 45.1 Å². The quantitative estimate of drug-likeness (QED) is 0.647. The third kappa shape index (κ3) is 7.34. The average Bonchev–Trinajstić information content (AvgIpc) is 2.14. The van der Waals surface area contributed by atoms with Gasteiger partial charge in [-0.3, -0.25) is 0 Å². The van der Waals surface area contributed by atoms with Crippen LogP contribution in [0.25, 0.3) is 0 Å². The van der Waals surface area contributed by atoms with Crippen molar-refractivity contribution in [3.05, 3.63) is 0 Å². The maximum Gasteiger partial charge on any atom is 0.00816 e. The Morgan fingerprint density at radius 2 is 1.86 bits per heavy atom. The Balaban J connectivity index is 3.76. The van der Waals surface area contributed by atoms with Crippen LogP contribution in [-0.4, -0.2) is 38.1 Å². The minimum Gasteiger partial charge on any atom is -0.314 e. The van der Waals surface area contributed by atoms with E-state index in [0.29, 0.717) is 6.04 Å². The van der Waals surface area contributed by atoms with Crippen LogP contribution < -0.4 is 5.32 Å². The Morgan fingerprint density at radius 3 is 2.29 bits per heavy atom. The van der Waals surface area contributed by atoms with Crippen LogP contribution in [-0.2, 0) is 0 Å². The summed E-state index contributed by atoms with van der Waals surface area (Å²) in [5.41, 5.74) is 0. The third-order valence-corrected chi connectivity index (χ3v) is 2.80. The van der Waals surface area contributed by atoms with Gasteiger partial charge in [0.05, 0.1) is 0 Å². The molecule has 0 spiro atoms. The molecule has 0 fully saturated rings. The van der Waals surface area contributed by atoms with Crippen LogP contribution in [0.1, 0.15) is 40.0 Å². The Labute approximate surface area is 90.1 Å². The maximum absolute atomic E-state index is 3.58. The molecule has 0 aromatic heterocycles. The van der Waals surface area contributed by atoms with Gasteiger partial charge in [0.25, 0.3) is 0 Å². The third-order valence-electron chi connectivity index (χ3n) is 2.80. The fourth-order valence-corrected chi connectivity index (χ4v) is 1.66. The van der Waals surface area contributed by atoms with Crippen molar-refractivity contribution in [1.29, 1.82) is 0 Å². The van der Waals surface area contributed by atoms with Gasteiger partial charge in [-0.25, -0.2) is 0 Å². The molecular weight excluding hydrogens is 172 g/mol. The minimum absolute atomic E-state index is 0.706. The molecule has 0 radical (unpaired) electrons. The van der Waals surface area contributed by atoms with Crippen molar-refractivity contribution in [2.24, 2.45) is 5.92 Å². The fraction of sp³-hybridized carbons (Fsp3) is 1.00. The van der Waals surface area contributed by atoms with Crippen LogP contribution in [0.4, 0.5) is 0 Å². The minimum atomic E-state index is 0.706. The van der Waals surface area contributed by atoms with Crippen LogP contribution in [0.15, 0.2) is 0 Å². The number of rotatable bonds is 8. The highest BCUT2D eigenvalue weighted by Crippen LogP contribution is 2.12. The Bertz CT molecular complexity index is 123. The van der Waals surface area contributed by atoms with Crippen molar-refractivity contribution < 1.29 is 0 Å². The van der Waals surface area contributed by atoms with Crippen LogP contribution in [0.2, 0.25) is 0 Å². The lowest BCUT2D eigenvalue weighted by molar-refractivity contribution is 0.325. The van der Waals surface area contributed by atoms with Crippen molar-refractivity contribution in [2.45, 2.75) is 46.1 Å². The van der Waals surface area contributed by atoms with Gasteiger partial charge >= 0.3 is 0 Å². The second kappa shape index (κ2) is 8.25. The molecule has 2 nitrogen and oxygen atoms in total. The zero-order valence-electron chi connectivity index (χ0n) is 10.6. The first-order valence-corrected chi connectivity index (χ1v) is 5.98. The first-order valence-electron chi connectivity index (χ1n) is 5.98. The lowest BCUT2D eigenvalue weighted by atomic mass is 9.97. The molecule has 0 saturated heterocycles. The highest BCUT2D eigenvalue weighted by atomic mass is 15.1. The number of nitrogens with one attached hydrogen (secondary N) is 1. The van der Waals surface area contributed by atoms with Gasteiger partial charge in [-0.05, 0) is 45.9 Å². The second-order valence-electron chi connectivity index (χ2n) is 4.60. The monoisotopic (exact) mass is 200 g/mol. The van der Waals surface area contributed by atoms with E-state index in [1.807, 2.05) is 0 Å². The van der Waals surface area contributed by atoms with Crippen molar-refractivity contribution in [3.8, 4) is 0 Å².